The smallest absolute Gasteiger partial charge is 0.159 e. The van der Waals surface area contributed by atoms with E-state index in [0.29, 0.717) is 12.3 Å². The van der Waals surface area contributed by atoms with Gasteiger partial charge in [-0.15, -0.1) is 0 Å². The van der Waals surface area contributed by atoms with Crippen LogP contribution in [0.4, 0.5) is 0 Å². The molecule has 0 unspecified atom stereocenters. The summed E-state index contributed by atoms with van der Waals surface area (Å²) in [7, 11) is 0. The van der Waals surface area contributed by atoms with Crippen LogP contribution in [-0.4, -0.2) is 10.8 Å². The second-order valence-electron chi connectivity index (χ2n) is 4.76. The molecule has 0 bridgehead atoms. The van der Waals surface area contributed by atoms with E-state index in [1.165, 1.54) is 32.1 Å². The molecule has 90 valence electrons. The lowest BCUT2D eigenvalue weighted by molar-refractivity contribution is -0.114. The Bertz CT molecular complexity index is 377. The van der Waals surface area contributed by atoms with Crippen LogP contribution in [0.15, 0.2) is 36.7 Å². The fraction of sp³-hybridized carbons (Fsp3) is 0.467. The van der Waals surface area contributed by atoms with Gasteiger partial charge in [-0.2, -0.15) is 0 Å². The molecular weight excluding hydrogens is 210 g/mol. The lowest BCUT2D eigenvalue weighted by atomic mass is 9.89. The lowest BCUT2D eigenvalue weighted by Crippen LogP contribution is -2.05. The van der Waals surface area contributed by atoms with Crippen LogP contribution in [0.3, 0.4) is 0 Å². The number of nitrogens with zero attached hydrogens (tertiary/aromatic N) is 1. The molecule has 2 rings (SSSR count). The standard InChI is InChI=1S/C15H19NO/c17-15(11-14-7-4-10-16-12-14)9-8-13-5-2-1-3-6-13/h4,7-10,12-13H,1-3,5-6,11H2. The molecule has 1 fully saturated rings. The molecule has 1 saturated carbocycles. The normalized spacial score (nSPS) is 17.4. The number of pyridine rings is 1. The monoisotopic (exact) mass is 229 g/mol. The highest BCUT2D eigenvalue weighted by molar-refractivity contribution is 5.91. The van der Waals surface area contributed by atoms with Gasteiger partial charge in [-0.1, -0.05) is 31.4 Å². The average Bonchev–Trinajstić information content (AvgIpc) is 2.39. The van der Waals surface area contributed by atoms with Crippen LogP contribution in [0, 0.1) is 5.92 Å². The fourth-order valence-corrected chi connectivity index (χ4v) is 2.33. The predicted molar refractivity (Wildman–Crippen MR) is 68.7 cm³/mol. The number of ketones is 1. The third kappa shape index (κ3) is 4.14. The van der Waals surface area contributed by atoms with Gasteiger partial charge in [0.25, 0.3) is 0 Å². The highest BCUT2D eigenvalue weighted by Crippen LogP contribution is 2.24. The average molecular weight is 229 g/mol. The zero-order chi connectivity index (χ0) is 11.9. The summed E-state index contributed by atoms with van der Waals surface area (Å²) in [5, 5.41) is 0. The first-order chi connectivity index (χ1) is 8.34. The summed E-state index contributed by atoms with van der Waals surface area (Å²) in [6.07, 6.45) is 14.3. The summed E-state index contributed by atoms with van der Waals surface area (Å²) in [5.74, 6) is 0.810. The minimum absolute atomic E-state index is 0.184. The molecule has 0 radical (unpaired) electrons. The van der Waals surface area contributed by atoms with Crippen LogP contribution in [0.25, 0.3) is 0 Å². The fourth-order valence-electron chi connectivity index (χ4n) is 2.33. The molecule has 1 aliphatic rings. The summed E-state index contributed by atoms with van der Waals surface area (Å²) in [4.78, 5) is 15.8. The van der Waals surface area contributed by atoms with Crippen molar-refractivity contribution in [2.75, 3.05) is 0 Å². The minimum atomic E-state index is 0.184. The van der Waals surface area contributed by atoms with Gasteiger partial charge in [-0.05, 0) is 36.5 Å². The van der Waals surface area contributed by atoms with Gasteiger partial charge in [0.15, 0.2) is 5.78 Å². The maximum Gasteiger partial charge on any atom is 0.159 e. The topological polar surface area (TPSA) is 30.0 Å². The molecule has 17 heavy (non-hydrogen) atoms. The Morgan fingerprint density at radius 3 is 2.88 bits per heavy atom. The highest BCUT2D eigenvalue weighted by atomic mass is 16.1. The molecule has 1 heterocycles. The van der Waals surface area contributed by atoms with Gasteiger partial charge in [-0.3, -0.25) is 9.78 Å². The van der Waals surface area contributed by atoms with Gasteiger partial charge in [0, 0.05) is 18.8 Å². The molecule has 0 aliphatic heterocycles. The van der Waals surface area contributed by atoms with Crippen molar-refractivity contribution in [2.24, 2.45) is 5.92 Å². The largest absolute Gasteiger partial charge is 0.294 e. The first-order valence-electron chi connectivity index (χ1n) is 6.44. The van der Waals surface area contributed by atoms with Crippen molar-refractivity contribution in [3.05, 3.63) is 42.2 Å². The van der Waals surface area contributed by atoms with Crippen molar-refractivity contribution in [3.63, 3.8) is 0 Å². The molecule has 0 atom stereocenters. The van der Waals surface area contributed by atoms with E-state index in [4.69, 9.17) is 0 Å². The van der Waals surface area contributed by atoms with E-state index in [2.05, 4.69) is 11.1 Å². The molecule has 0 amide bonds. The van der Waals surface area contributed by atoms with Gasteiger partial charge in [0.2, 0.25) is 0 Å². The van der Waals surface area contributed by atoms with Crippen molar-refractivity contribution in [1.29, 1.82) is 0 Å². The van der Waals surface area contributed by atoms with E-state index < -0.39 is 0 Å². The van der Waals surface area contributed by atoms with Gasteiger partial charge in [0.1, 0.15) is 0 Å². The van der Waals surface area contributed by atoms with E-state index in [-0.39, 0.29) is 5.78 Å². The number of hydrogen-bond donors (Lipinski definition) is 0. The molecule has 2 nitrogen and oxygen atoms in total. The zero-order valence-corrected chi connectivity index (χ0v) is 10.1. The summed E-state index contributed by atoms with van der Waals surface area (Å²) in [6.45, 7) is 0. The number of allylic oxidation sites excluding steroid dienone is 2. The number of carbonyl (C=O) groups is 1. The summed E-state index contributed by atoms with van der Waals surface area (Å²) in [6, 6.07) is 3.81. The Morgan fingerprint density at radius 2 is 2.18 bits per heavy atom. The van der Waals surface area contributed by atoms with E-state index in [0.717, 1.165) is 5.56 Å². The number of aromatic nitrogens is 1. The highest BCUT2D eigenvalue weighted by Gasteiger charge is 2.10. The molecule has 1 aliphatic carbocycles. The van der Waals surface area contributed by atoms with Crippen LogP contribution < -0.4 is 0 Å². The Hall–Kier alpha value is -1.44. The summed E-state index contributed by atoms with van der Waals surface area (Å²) >= 11 is 0. The van der Waals surface area contributed by atoms with E-state index in [1.807, 2.05) is 12.1 Å². The predicted octanol–water partition coefficient (Wildman–Crippen LogP) is 3.33. The molecule has 0 spiro atoms. The van der Waals surface area contributed by atoms with Gasteiger partial charge in [-0.25, -0.2) is 0 Å². The van der Waals surface area contributed by atoms with Crippen molar-refractivity contribution < 1.29 is 4.79 Å². The lowest BCUT2D eigenvalue weighted by Gasteiger charge is -2.17. The van der Waals surface area contributed by atoms with Crippen LogP contribution in [0.2, 0.25) is 0 Å². The molecule has 1 aromatic heterocycles. The third-order valence-corrected chi connectivity index (χ3v) is 3.31. The quantitative estimate of drug-likeness (QED) is 0.741. The minimum Gasteiger partial charge on any atom is -0.294 e. The summed E-state index contributed by atoms with van der Waals surface area (Å²) in [5.41, 5.74) is 0.991. The van der Waals surface area contributed by atoms with Crippen molar-refractivity contribution >= 4 is 5.78 Å². The van der Waals surface area contributed by atoms with E-state index >= 15 is 0 Å². The SMILES string of the molecule is O=C(C=CC1CCCCC1)Cc1cccnc1. The Kier molecular flexibility index (Phi) is 4.48. The maximum absolute atomic E-state index is 11.7. The van der Waals surface area contributed by atoms with Crippen molar-refractivity contribution in [1.82, 2.24) is 4.98 Å². The van der Waals surface area contributed by atoms with E-state index in [1.54, 1.807) is 18.5 Å². The van der Waals surface area contributed by atoms with Crippen molar-refractivity contribution in [3.8, 4) is 0 Å². The second-order valence-corrected chi connectivity index (χ2v) is 4.76. The summed E-state index contributed by atoms with van der Waals surface area (Å²) < 4.78 is 0. The Labute approximate surface area is 103 Å². The van der Waals surface area contributed by atoms with Gasteiger partial charge >= 0.3 is 0 Å². The van der Waals surface area contributed by atoms with E-state index in [9.17, 15) is 4.79 Å². The van der Waals surface area contributed by atoms with Gasteiger partial charge < -0.3 is 0 Å². The number of carbonyl (C=O) groups excluding carboxylic acids is 1. The van der Waals surface area contributed by atoms with Crippen LogP contribution in [0.5, 0.6) is 0 Å². The van der Waals surface area contributed by atoms with Crippen LogP contribution >= 0.6 is 0 Å². The van der Waals surface area contributed by atoms with Crippen LogP contribution in [-0.2, 0) is 11.2 Å². The molecule has 2 heteroatoms. The van der Waals surface area contributed by atoms with Gasteiger partial charge in [0.05, 0.1) is 0 Å². The molecule has 0 aromatic carbocycles. The first kappa shape index (κ1) is 12.0. The number of hydrogen-bond acceptors (Lipinski definition) is 2. The molecule has 0 saturated heterocycles. The maximum atomic E-state index is 11.7. The zero-order valence-electron chi connectivity index (χ0n) is 10.1. The third-order valence-electron chi connectivity index (χ3n) is 3.31. The first-order valence-corrected chi connectivity index (χ1v) is 6.44. The van der Waals surface area contributed by atoms with Crippen LogP contribution in [0.1, 0.15) is 37.7 Å². The molecule has 0 N–H and O–H groups in total. The molecular formula is C15H19NO. The second kappa shape index (κ2) is 6.33. The Morgan fingerprint density at radius 1 is 1.35 bits per heavy atom. The van der Waals surface area contributed by atoms with Crippen molar-refractivity contribution in [2.45, 2.75) is 38.5 Å². The molecule has 1 aromatic rings. The Balaban J connectivity index is 1.82. The number of rotatable bonds is 4.